The molecule has 0 fully saturated rings. The number of carbonyl (C=O) groups is 1. The number of hydrogen-bond acceptors (Lipinski definition) is 4. The van der Waals surface area contributed by atoms with E-state index in [1.807, 2.05) is 13.8 Å². The van der Waals surface area contributed by atoms with E-state index in [1.165, 1.54) is 0 Å². The largest absolute Gasteiger partial charge is 0.370 e. The van der Waals surface area contributed by atoms with Crippen LogP contribution in [0.1, 0.15) is 26.7 Å². The average Bonchev–Trinajstić information content (AvgIpc) is 2.38. The van der Waals surface area contributed by atoms with Gasteiger partial charge in [-0.05, 0) is 19.9 Å². The fourth-order valence-corrected chi connectivity index (χ4v) is 1.23. The van der Waals surface area contributed by atoms with E-state index in [-0.39, 0.29) is 17.9 Å². The average molecular weight is 260 g/mol. The monoisotopic (exact) mass is 260 g/mol. The summed E-state index contributed by atoms with van der Waals surface area (Å²) < 4.78 is 0. The Bertz CT molecular complexity index is 228. The number of hydrogen-bond donors (Lipinski definition) is 5. The standard InChI is InChI=1S/C9H22N6O.C2H6/c1-13-7(8(16)14-6-4-10)3-2-5-15-9(11)12;1-2/h7,13H,2-6,10H2,1H3,(H,14,16)(H4,11,12,15);1-2H3. The number of likely N-dealkylation sites (N-methyl/N-ethyl adjacent to an activating group) is 1. The quantitative estimate of drug-likeness (QED) is 0.211. The summed E-state index contributed by atoms with van der Waals surface area (Å²) in [5, 5.41) is 5.66. The number of aliphatic imine (C=N–C) groups is 1. The van der Waals surface area contributed by atoms with E-state index in [1.54, 1.807) is 7.05 Å². The van der Waals surface area contributed by atoms with Crippen molar-refractivity contribution in [3.8, 4) is 0 Å². The van der Waals surface area contributed by atoms with Crippen LogP contribution in [-0.4, -0.2) is 44.6 Å². The summed E-state index contributed by atoms with van der Waals surface area (Å²) in [6, 6.07) is -0.222. The SMILES string of the molecule is CC.CNC(CCCN=C(N)N)C(=O)NCCN. The molecule has 18 heavy (non-hydrogen) atoms. The van der Waals surface area contributed by atoms with Crippen molar-refractivity contribution in [3.63, 3.8) is 0 Å². The first-order valence-electron chi connectivity index (χ1n) is 6.32. The third-order valence-electron chi connectivity index (χ3n) is 2.05. The summed E-state index contributed by atoms with van der Waals surface area (Å²) in [7, 11) is 1.74. The Morgan fingerprint density at radius 3 is 2.39 bits per heavy atom. The van der Waals surface area contributed by atoms with E-state index in [4.69, 9.17) is 17.2 Å². The van der Waals surface area contributed by atoms with Gasteiger partial charge in [-0.1, -0.05) is 13.8 Å². The van der Waals surface area contributed by atoms with Crippen LogP contribution in [0, 0.1) is 0 Å². The molecule has 1 unspecified atom stereocenters. The lowest BCUT2D eigenvalue weighted by Gasteiger charge is -2.15. The highest BCUT2D eigenvalue weighted by atomic mass is 16.2. The van der Waals surface area contributed by atoms with Crippen LogP contribution in [-0.2, 0) is 4.79 Å². The van der Waals surface area contributed by atoms with Gasteiger partial charge in [0.05, 0.1) is 6.04 Å². The highest BCUT2D eigenvalue weighted by Crippen LogP contribution is 1.97. The van der Waals surface area contributed by atoms with Crippen molar-refractivity contribution in [3.05, 3.63) is 0 Å². The Morgan fingerprint density at radius 2 is 1.94 bits per heavy atom. The summed E-state index contributed by atoms with van der Waals surface area (Å²) in [5.41, 5.74) is 15.7. The molecule has 108 valence electrons. The minimum atomic E-state index is -0.222. The number of nitrogens with one attached hydrogen (secondary N) is 2. The van der Waals surface area contributed by atoms with Gasteiger partial charge in [0.15, 0.2) is 5.96 Å². The summed E-state index contributed by atoms with van der Waals surface area (Å²) in [5.74, 6) is 0.0336. The molecule has 8 N–H and O–H groups in total. The van der Waals surface area contributed by atoms with E-state index in [2.05, 4.69) is 15.6 Å². The van der Waals surface area contributed by atoms with Crippen molar-refractivity contribution < 1.29 is 4.79 Å². The molecule has 1 atom stereocenters. The van der Waals surface area contributed by atoms with Crippen molar-refractivity contribution in [2.75, 3.05) is 26.7 Å². The fraction of sp³-hybridized carbons (Fsp3) is 0.818. The van der Waals surface area contributed by atoms with E-state index in [0.29, 0.717) is 26.1 Å². The number of nitrogens with zero attached hydrogens (tertiary/aromatic N) is 1. The van der Waals surface area contributed by atoms with Gasteiger partial charge in [-0.3, -0.25) is 9.79 Å². The Balaban J connectivity index is 0. The lowest BCUT2D eigenvalue weighted by molar-refractivity contribution is -0.123. The second-order valence-electron chi connectivity index (χ2n) is 3.37. The first-order valence-corrected chi connectivity index (χ1v) is 6.32. The molecular weight excluding hydrogens is 232 g/mol. The van der Waals surface area contributed by atoms with E-state index >= 15 is 0 Å². The Hall–Kier alpha value is -1.34. The zero-order valence-electron chi connectivity index (χ0n) is 11.7. The molecule has 0 aliphatic carbocycles. The highest BCUT2D eigenvalue weighted by Gasteiger charge is 2.14. The normalized spacial score (nSPS) is 10.9. The van der Waals surface area contributed by atoms with E-state index in [9.17, 15) is 4.79 Å². The zero-order chi connectivity index (χ0) is 14.4. The minimum Gasteiger partial charge on any atom is -0.370 e. The smallest absolute Gasteiger partial charge is 0.237 e. The molecule has 0 aromatic carbocycles. The fourth-order valence-electron chi connectivity index (χ4n) is 1.23. The molecule has 0 saturated heterocycles. The van der Waals surface area contributed by atoms with E-state index in [0.717, 1.165) is 6.42 Å². The second kappa shape index (κ2) is 13.7. The van der Waals surface area contributed by atoms with Crippen LogP contribution in [0.2, 0.25) is 0 Å². The number of nitrogens with two attached hydrogens (primary N) is 3. The molecular formula is C11H28N6O. The van der Waals surface area contributed by atoms with Gasteiger partial charge in [0.1, 0.15) is 0 Å². The van der Waals surface area contributed by atoms with Gasteiger partial charge in [-0.2, -0.15) is 0 Å². The van der Waals surface area contributed by atoms with Crippen LogP contribution in [0.3, 0.4) is 0 Å². The molecule has 1 amide bonds. The summed E-state index contributed by atoms with van der Waals surface area (Å²) in [6.07, 6.45) is 1.43. The topological polar surface area (TPSA) is 132 Å². The van der Waals surface area contributed by atoms with Gasteiger partial charge in [-0.25, -0.2) is 0 Å². The molecule has 0 saturated carbocycles. The second-order valence-corrected chi connectivity index (χ2v) is 3.37. The number of amides is 1. The lowest BCUT2D eigenvalue weighted by atomic mass is 10.1. The third-order valence-corrected chi connectivity index (χ3v) is 2.05. The van der Waals surface area contributed by atoms with Crippen LogP contribution in [0.25, 0.3) is 0 Å². The summed E-state index contributed by atoms with van der Waals surface area (Å²) in [4.78, 5) is 15.4. The lowest BCUT2D eigenvalue weighted by Crippen LogP contribution is -2.44. The van der Waals surface area contributed by atoms with Crippen LogP contribution >= 0.6 is 0 Å². The maximum atomic E-state index is 11.5. The Kier molecular flexibility index (Phi) is 14.5. The van der Waals surface area contributed by atoms with Crippen LogP contribution in [0.15, 0.2) is 4.99 Å². The molecule has 7 nitrogen and oxygen atoms in total. The van der Waals surface area contributed by atoms with Gasteiger partial charge >= 0.3 is 0 Å². The molecule has 0 spiro atoms. The number of carbonyl (C=O) groups excluding carboxylic acids is 1. The van der Waals surface area contributed by atoms with Crippen LogP contribution in [0.5, 0.6) is 0 Å². The predicted molar refractivity (Wildman–Crippen MR) is 76.2 cm³/mol. The van der Waals surface area contributed by atoms with Gasteiger partial charge in [0.25, 0.3) is 0 Å². The highest BCUT2D eigenvalue weighted by molar-refractivity contribution is 5.81. The van der Waals surface area contributed by atoms with Gasteiger partial charge < -0.3 is 27.8 Å². The summed E-state index contributed by atoms with van der Waals surface area (Å²) in [6.45, 7) is 5.46. The van der Waals surface area contributed by atoms with Crippen LogP contribution < -0.4 is 27.8 Å². The molecule has 0 bridgehead atoms. The van der Waals surface area contributed by atoms with E-state index < -0.39 is 0 Å². The maximum absolute atomic E-state index is 11.5. The van der Waals surface area contributed by atoms with Crippen molar-refractivity contribution in [2.45, 2.75) is 32.7 Å². The third kappa shape index (κ3) is 11.2. The van der Waals surface area contributed by atoms with Gasteiger partial charge in [-0.15, -0.1) is 0 Å². The molecule has 0 rings (SSSR count). The van der Waals surface area contributed by atoms with Crippen molar-refractivity contribution in [1.29, 1.82) is 0 Å². The van der Waals surface area contributed by atoms with Gasteiger partial charge in [0, 0.05) is 19.6 Å². The molecule has 0 aliphatic heterocycles. The van der Waals surface area contributed by atoms with Crippen molar-refractivity contribution in [2.24, 2.45) is 22.2 Å². The first-order chi connectivity index (χ1) is 8.61. The molecule has 0 aliphatic rings. The van der Waals surface area contributed by atoms with Gasteiger partial charge in [0.2, 0.25) is 5.91 Å². The summed E-state index contributed by atoms with van der Waals surface area (Å²) >= 11 is 0. The molecule has 0 radical (unpaired) electrons. The first kappa shape index (κ1) is 19.0. The van der Waals surface area contributed by atoms with Crippen LogP contribution in [0.4, 0.5) is 0 Å². The maximum Gasteiger partial charge on any atom is 0.237 e. The minimum absolute atomic E-state index is 0.0438. The van der Waals surface area contributed by atoms with Crippen molar-refractivity contribution >= 4 is 11.9 Å². The Labute approximate surface area is 110 Å². The predicted octanol–water partition coefficient (Wildman–Crippen LogP) is -1.27. The zero-order valence-corrected chi connectivity index (χ0v) is 11.7. The molecule has 0 aromatic rings. The molecule has 7 heteroatoms. The molecule has 0 heterocycles. The number of guanidine groups is 1. The van der Waals surface area contributed by atoms with Crippen molar-refractivity contribution in [1.82, 2.24) is 10.6 Å². The molecule has 0 aromatic heterocycles. The Morgan fingerprint density at radius 1 is 1.33 bits per heavy atom. The number of rotatable bonds is 8.